The molecule has 26 heavy (non-hydrogen) atoms. The zero-order valence-electron chi connectivity index (χ0n) is 15.1. The highest BCUT2D eigenvalue weighted by molar-refractivity contribution is 6.31. The molecule has 6 heteroatoms. The van der Waals surface area contributed by atoms with Gasteiger partial charge in [0.05, 0.1) is 6.42 Å². The molecule has 5 nitrogen and oxygen atoms in total. The first-order chi connectivity index (χ1) is 12.1. The van der Waals surface area contributed by atoms with E-state index in [4.69, 9.17) is 27.8 Å². The molecule has 1 atom stereocenters. The molecule has 0 amide bonds. The maximum Gasteiger partial charge on any atom is 0.308 e. The normalized spacial score (nSPS) is 12.5. The average Bonchev–Trinajstić information content (AvgIpc) is 2.54. The minimum atomic E-state index is -0.731. The summed E-state index contributed by atoms with van der Waals surface area (Å²) in [7, 11) is 0. The first-order valence-corrected chi connectivity index (χ1v) is 8.62. The number of carbonyl (C=O) groups is 2. The highest BCUT2D eigenvalue weighted by Crippen LogP contribution is 2.31. The van der Waals surface area contributed by atoms with Crippen LogP contribution in [0.5, 0.6) is 0 Å². The summed E-state index contributed by atoms with van der Waals surface area (Å²) in [5, 5.41) is 0.327. The minimum absolute atomic E-state index is 0.0687. The summed E-state index contributed by atoms with van der Waals surface area (Å²) in [4.78, 5) is 24.8. The topological polar surface area (TPSA) is 95.4 Å². The number of hydrogen-bond acceptors (Lipinski definition) is 5. The van der Waals surface area contributed by atoms with Crippen molar-refractivity contribution >= 4 is 29.0 Å². The molecule has 0 radical (unpaired) electrons. The molecule has 0 saturated heterocycles. The molecule has 0 aliphatic rings. The van der Waals surface area contributed by atoms with Crippen molar-refractivity contribution in [2.24, 2.45) is 5.73 Å². The fraction of sp³-hybridized carbons (Fsp3) is 0.300. The molecule has 138 valence electrons. The van der Waals surface area contributed by atoms with E-state index in [1.54, 1.807) is 51.1 Å². The van der Waals surface area contributed by atoms with Crippen molar-refractivity contribution in [2.75, 3.05) is 5.73 Å². The zero-order valence-corrected chi connectivity index (χ0v) is 15.8. The van der Waals surface area contributed by atoms with Crippen molar-refractivity contribution in [3.8, 4) is 0 Å². The standard InChI is InChI=1S/C20H23ClN2O3/c1-20(2,3)26-17(24)11-16(22)14-9-13(21)10-15(18(14)23)19(25)12-7-5-4-6-8-12/h4-10,16H,11,22-23H2,1-3H3. The lowest BCUT2D eigenvalue weighted by Gasteiger charge is -2.22. The second kappa shape index (κ2) is 7.89. The largest absolute Gasteiger partial charge is 0.460 e. The van der Waals surface area contributed by atoms with E-state index in [9.17, 15) is 9.59 Å². The van der Waals surface area contributed by atoms with E-state index in [1.807, 2.05) is 6.07 Å². The SMILES string of the molecule is CC(C)(C)OC(=O)CC(N)c1cc(Cl)cc(C(=O)c2ccccc2)c1N. The van der Waals surface area contributed by atoms with Gasteiger partial charge < -0.3 is 16.2 Å². The monoisotopic (exact) mass is 374 g/mol. The number of nitrogens with two attached hydrogens (primary N) is 2. The van der Waals surface area contributed by atoms with E-state index in [1.165, 1.54) is 6.07 Å². The molecule has 0 aliphatic carbocycles. The van der Waals surface area contributed by atoms with Gasteiger partial charge in [-0.2, -0.15) is 0 Å². The maximum absolute atomic E-state index is 12.7. The third kappa shape index (κ3) is 5.07. The first-order valence-electron chi connectivity index (χ1n) is 8.24. The first kappa shape index (κ1) is 19.9. The maximum atomic E-state index is 12.7. The second-order valence-corrected chi connectivity index (χ2v) is 7.48. The van der Waals surface area contributed by atoms with Gasteiger partial charge in [0.15, 0.2) is 5.78 Å². The summed E-state index contributed by atoms with van der Waals surface area (Å²) in [6, 6.07) is 11.1. The lowest BCUT2D eigenvalue weighted by molar-refractivity contribution is -0.155. The second-order valence-electron chi connectivity index (χ2n) is 7.05. The van der Waals surface area contributed by atoms with Crippen LogP contribution in [0, 0.1) is 0 Å². The summed E-state index contributed by atoms with van der Waals surface area (Å²) in [5.41, 5.74) is 13.1. The van der Waals surface area contributed by atoms with Gasteiger partial charge in [-0.3, -0.25) is 9.59 Å². The predicted octanol–water partition coefficient (Wildman–Crippen LogP) is 3.88. The molecule has 2 aromatic rings. The molecule has 2 rings (SSSR count). The van der Waals surface area contributed by atoms with E-state index >= 15 is 0 Å². The van der Waals surface area contributed by atoms with E-state index in [0.717, 1.165) is 0 Å². The van der Waals surface area contributed by atoms with Gasteiger partial charge in [-0.05, 0) is 38.5 Å². The fourth-order valence-corrected chi connectivity index (χ4v) is 2.78. The van der Waals surface area contributed by atoms with Crippen LogP contribution in [0.3, 0.4) is 0 Å². The summed E-state index contributed by atoms with van der Waals surface area (Å²) in [5.74, 6) is -0.698. The number of nitrogen functional groups attached to an aromatic ring is 1. The molecule has 0 spiro atoms. The third-order valence-electron chi connectivity index (χ3n) is 3.66. The Balaban J connectivity index is 2.32. The summed E-state index contributed by atoms with van der Waals surface area (Å²) < 4.78 is 5.29. The Morgan fingerprint density at radius 3 is 2.35 bits per heavy atom. The quantitative estimate of drug-likeness (QED) is 0.470. The Kier molecular flexibility index (Phi) is 6.05. The lowest BCUT2D eigenvalue weighted by Crippen LogP contribution is -2.27. The highest BCUT2D eigenvalue weighted by Gasteiger charge is 2.23. The van der Waals surface area contributed by atoms with Crippen LogP contribution in [0.15, 0.2) is 42.5 Å². The number of benzene rings is 2. The van der Waals surface area contributed by atoms with Crippen LogP contribution < -0.4 is 11.5 Å². The highest BCUT2D eigenvalue weighted by atomic mass is 35.5. The molecule has 0 aliphatic heterocycles. The fourth-order valence-electron chi connectivity index (χ4n) is 2.55. The summed E-state index contributed by atoms with van der Waals surface area (Å²) in [6.07, 6.45) is -0.0687. The summed E-state index contributed by atoms with van der Waals surface area (Å²) in [6.45, 7) is 5.34. The number of ether oxygens (including phenoxy) is 1. The van der Waals surface area contributed by atoms with E-state index in [-0.39, 0.29) is 23.5 Å². The molecule has 1 unspecified atom stereocenters. The minimum Gasteiger partial charge on any atom is -0.460 e. The third-order valence-corrected chi connectivity index (χ3v) is 3.88. The lowest BCUT2D eigenvalue weighted by atomic mass is 9.95. The average molecular weight is 375 g/mol. The van der Waals surface area contributed by atoms with Gasteiger partial charge in [-0.25, -0.2) is 0 Å². The molecule has 4 N–H and O–H groups in total. The Bertz CT molecular complexity index is 814. The van der Waals surface area contributed by atoms with E-state index < -0.39 is 17.6 Å². The molecule has 0 saturated carbocycles. The Labute approximate surface area is 158 Å². The predicted molar refractivity (Wildman–Crippen MR) is 103 cm³/mol. The van der Waals surface area contributed by atoms with Crippen molar-refractivity contribution in [1.82, 2.24) is 0 Å². The van der Waals surface area contributed by atoms with Crippen LogP contribution in [0.2, 0.25) is 5.02 Å². The molecular weight excluding hydrogens is 352 g/mol. The number of ketones is 1. The van der Waals surface area contributed by atoms with Crippen molar-refractivity contribution in [3.63, 3.8) is 0 Å². The molecular formula is C20H23ClN2O3. The van der Waals surface area contributed by atoms with Gasteiger partial charge in [0.2, 0.25) is 0 Å². The van der Waals surface area contributed by atoms with Crippen molar-refractivity contribution in [3.05, 3.63) is 64.2 Å². The van der Waals surface area contributed by atoms with Crippen LogP contribution in [0.25, 0.3) is 0 Å². The smallest absolute Gasteiger partial charge is 0.308 e. The Morgan fingerprint density at radius 2 is 1.77 bits per heavy atom. The van der Waals surface area contributed by atoms with Crippen molar-refractivity contribution < 1.29 is 14.3 Å². The molecule has 0 bridgehead atoms. The summed E-state index contributed by atoms with van der Waals surface area (Å²) >= 11 is 6.16. The van der Waals surface area contributed by atoms with Gasteiger partial charge >= 0.3 is 5.97 Å². The van der Waals surface area contributed by atoms with Gasteiger partial charge in [-0.1, -0.05) is 41.9 Å². The van der Waals surface area contributed by atoms with E-state index in [0.29, 0.717) is 16.1 Å². The molecule has 2 aromatic carbocycles. The zero-order chi connectivity index (χ0) is 19.5. The van der Waals surface area contributed by atoms with Crippen LogP contribution in [-0.4, -0.2) is 17.4 Å². The van der Waals surface area contributed by atoms with Crippen molar-refractivity contribution in [2.45, 2.75) is 38.8 Å². The van der Waals surface area contributed by atoms with Crippen LogP contribution in [-0.2, 0) is 9.53 Å². The van der Waals surface area contributed by atoms with Gasteiger partial charge in [0, 0.05) is 27.9 Å². The van der Waals surface area contributed by atoms with Gasteiger partial charge in [-0.15, -0.1) is 0 Å². The number of esters is 1. The van der Waals surface area contributed by atoms with Gasteiger partial charge in [0.25, 0.3) is 0 Å². The van der Waals surface area contributed by atoms with E-state index in [2.05, 4.69) is 0 Å². The molecule has 0 heterocycles. The van der Waals surface area contributed by atoms with Gasteiger partial charge in [0.1, 0.15) is 5.60 Å². The molecule has 0 fully saturated rings. The number of anilines is 1. The molecule has 0 aromatic heterocycles. The van der Waals surface area contributed by atoms with Crippen molar-refractivity contribution in [1.29, 1.82) is 0 Å². The number of halogens is 1. The Morgan fingerprint density at radius 1 is 1.15 bits per heavy atom. The Hall–Kier alpha value is -2.37. The number of carbonyl (C=O) groups excluding carboxylic acids is 2. The number of hydrogen-bond donors (Lipinski definition) is 2. The van der Waals surface area contributed by atoms with Crippen LogP contribution in [0.1, 0.15) is 54.7 Å². The van der Waals surface area contributed by atoms with Crippen LogP contribution in [0.4, 0.5) is 5.69 Å². The van der Waals surface area contributed by atoms with Crippen LogP contribution >= 0.6 is 11.6 Å². The number of rotatable bonds is 5.